The standard InChI is InChI=1S/C27H32N4O3/c1-3-4-5-25(33)31-13-12-30(16-19(31)2)27-23(15-28)14-24(26(29-27)22-10-11-22)34-18-21-8-6-20(17-32)7-9-21/h6-9,14,17,19,22H,3-5,10-13,16,18H2,1-2H3. The Labute approximate surface area is 201 Å². The quantitative estimate of drug-likeness (QED) is 0.514. The average molecular weight is 461 g/mol. The minimum atomic E-state index is 0.0705. The van der Waals surface area contributed by atoms with Crippen molar-refractivity contribution in [2.75, 3.05) is 24.5 Å². The molecule has 4 rings (SSSR count). The Morgan fingerprint density at radius 3 is 2.65 bits per heavy atom. The van der Waals surface area contributed by atoms with E-state index in [1.807, 2.05) is 23.1 Å². The topological polar surface area (TPSA) is 86.5 Å². The minimum Gasteiger partial charge on any atom is -0.487 e. The number of hydrogen-bond donors (Lipinski definition) is 0. The number of rotatable bonds is 9. The van der Waals surface area contributed by atoms with Crippen LogP contribution in [0.3, 0.4) is 0 Å². The third-order valence-electron chi connectivity index (χ3n) is 6.58. The lowest BCUT2D eigenvalue weighted by atomic mass is 10.1. The van der Waals surface area contributed by atoms with Crippen LogP contribution >= 0.6 is 0 Å². The summed E-state index contributed by atoms with van der Waals surface area (Å²) in [6, 6.07) is 11.5. The Balaban J connectivity index is 1.51. The van der Waals surface area contributed by atoms with Gasteiger partial charge in [0.2, 0.25) is 5.91 Å². The fourth-order valence-corrected chi connectivity index (χ4v) is 4.43. The predicted molar refractivity (Wildman–Crippen MR) is 130 cm³/mol. The van der Waals surface area contributed by atoms with Gasteiger partial charge in [-0.05, 0) is 31.7 Å². The van der Waals surface area contributed by atoms with Gasteiger partial charge in [0.1, 0.15) is 30.5 Å². The van der Waals surface area contributed by atoms with E-state index >= 15 is 0 Å². The zero-order valence-corrected chi connectivity index (χ0v) is 20.0. The summed E-state index contributed by atoms with van der Waals surface area (Å²) in [5.74, 6) is 1.92. The molecule has 34 heavy (non-hydrogen) atoms. The van der Waals surface area contributed by atoms with Crippen LogP contribution in [0.5, 0.6) is 5.75 Å². The third kappa shape index (κ3) is 5.39. The number of aldehydes is 1. The maximum Gasteiger partial charge on any atom is 0.222 e. The Hall–Kier alpha value is -3.40. The van der Waals surface area contributed by atoms with E-state index in [9.17, 15) is 14.9 Å². The summed E-state index contributed by atoms with van der Waals surface area (Å²) in [6.07, 6.45) is 5.48. The van der Waals surface area contributed by atoms with Crippen LogP contribution in [0.2, 0.25) is 0 Å². The molecule has 1 saturated carbocycles. The number of hydrogen-bond acceptors (Lipinski definition) is 6. The van der Waals surface area contributed by atoms with Crippen molar-refractivity contribution in [3.63, 3.8) is 0 Å². The number of nitrogens with zero attached hydrogens (tertiary/aromatic N) is 4. The summed E-state index contributed by atoms with van der Waals surface area (Å²) in [4.78, 5) is 32.5. The van der Waals surface area contributed by atoms with Gasteiger partial charge in [0.25, 0.3) is 0 Å². The highest BCUT2D eigenvalue weighted by Crippen LogP contribution is 2.45. The van der Waals surface area contributed by atoms with Gasteiger partial charge < -0.3 is 14.5 Å². The van der Waals surface area contributed by atoms with Gasteiger partial charge >= 0.3 is 0 Å². The van der Waals surface area contributed by atoms with Crippen LogP contribution in [0.4, 0.5) is 5.82 Å². The van der Waals surface area contributed by atoms with Crippen LogP contribution in [0.25, 0.3) is 0 Å². The average Bonchev–Trinajstić information content (AvgIpc) is 3.71. The van der Waals surface area contributed by atoms with Gasteiger partial charge in [-0.1, -0.05) is 37.6 Å². The van der Waals surface area contributed by atoms with Crippen molar-refractivity contribution in [2.45, 2.75) is 64.5 Å². The van der Waals surface area contributed by atoms with E-state index in [0.717, 1.165) is 43.2 Å². The molecule has 7 nitrogen and oxygen atoms in total. The van der Waals surface area contributed by atoms with E-state index < -0.39 is 0 Å². The Bertz CT molecular complexity index is 1070. The van der Waals surface area contributed by atoms with Crippen molar-refractivity contribution in [3.8, 4) is 11.8 Å². The Morgan fingerprint density at radius 1 is 1.26 bits per heavy atom. The van der Waals surface area contributed by atoms with Crippen molar-refractivity contribution in [1.82, 2.24) is 9.88 Å². The van der Waals surface area contributed by atoms with Gasteiger partial charge in [-0.15, -0.1) is 0 Å². The second-order valence-corrected chi connectivity index (χ2v) is 9.26. The number of amides is 1. The number of ether oxygens (including phenoxy) is 1. The van der Waals surface area contributed by atoms with Crippen LogP contribution in [0.1, 0.15) is 79.0 Å². The van der Waals surface area contributed by atoms with Gasteiger partial charge in [-0.2, -0.15) is 5.26 Å². The third-order valence-corrected chi connectivity index (χ3v) is 6.58. The number of aromatic nitrogens is 1. The zero-order valence-electron chi connectivity index (χ0n) is 20.0. The highest BCUT2D eigenvalue weighted by Gasteiger charge is 2.33. The van der Waals surface area contributed by atoms with Gasteiger partial charge in [-0.3, -0.25) is 9.59 Å². The molecule has 0 radical (unpaired) electrons. The summed E-state index contributed by atoms with van der Waals surface area (Å²) in [7, 11) is 0. The number of carbonyl (C=O) groups excluding carboxylic acids is 2. The molecule has 0 bridgehead atoms. The number of nitriles is 1. The molecule has 1 aromatic heterocycles. The second kappa shape index (κ2) is 10.7. The van der Waals surface area contributed by atoms with E-state index in [4.69, 9.17) is 9.72 Å². The zero-order chi connectivity index (χ0) is 24.1. The fourth-order valence-electron chi connectivity index (χ4n) is 4.43. The molecule has 7 heteroatoms. The summed E-state index contributed by atoms with van der Waals surface area (Å²) in [5, 5.41) is 9.89. The summed E-state index contributed by atoms with van der Waals surface area (Å²) in [6.45, 7) is 6.48. The summed E-state index contributed by atoms with van der Waals surface area (Å²) in [5.41, 5.74) is 2.98. The molecule has 2 fully saturated rings. The van der Waals surface area contributed by atoms with Crippen LogP contribution in [-0.2, 0) is 11.4 Å². The van der Waals surface area contributed by atoms with E-state index in [-0.39, 0.29) is 11.9 Å². The van der Waals surface area contributed by atoms with Gasteiger partial charge in [-0.25, -0.2) is 4.98 Å². The first kappa shape index (κ1) is 23.7. The number of carbonyl (C=O) groups is 2. The molecule has 1 aromatic carbocycles. The lowest BCUT2D eigenvalue weighted by molar-refractivity contribution is -0.133. The van der Waals surface area contributed by atoms with Crippen molar-refractivity contribution < 1.29 is 14.3 Å². The molecule has 2 aliphatic rings. The van der Waals surface area contributed by atoms with Crippen LogP contribution in [0.15, 0.2) is 30.3 Å². The molecular formula is C27H32N4O3. The molecule has 178 valence electrons. The number of pyridine rings is 1. The monoisotopic (exact) mass is 460 g/mol. The van der Waals surface area contributed by atoms with Crippen molar-refractivity contribution in [3.05, 3.63) is 52.7 Å². The lowest BCUT2D eigenvalue weighted by Gasteiger charge is -2.41. The molecular weight excluding hydrogens is 428 g/mol. The molecule has 1 unspecified atom stereocenters. The van der Waals surface area contributed by atoms with E-state index in [0.29, 0.717) is 61.3 Å². The number of benzene rings is 1. The fraction of sp³-hybridized carbons (Fsp3) is 0.481. The first-order valence-electron chi connectivity index (χ1n) is 12.2. The van der Waals surface area contributed by atoms with E-state index in [1.54, 1.807) is 12.1 Å². The molecule has 2 heterocycles. The molecule has 2 aromatic rings. The normalized spacial score (nSPS) is 17.9. The number of piperazine rings is 1. The number of anilines is 1. The molecule has 0 N–H and O–H groups in total. The summed E-state index contributed by atoms with van der Waals surface area (Å²) < 4.78 is 6.12. The van der Waals surface area contributed by atoms with Crippen molar-refractivity contribution in [1.29, 1.82) is 5.26 Å². The molecule has 1 amide bonds. The van der Waals surface area contributed by atoms with Crippen LogP contribution in [0, 0.1) is 11.3 Å². The van der Waals surface area contributed by atoms with Gasteiger partial charge in [0.15, 0.2) is 0 Å². The molecule has 0 spiro atoms. The van der Waals surface area contributed by atoms with Crippen molar-refractivity contribution >= 4 is 18.0 Å². The lowest BCUT2D eigenvalue weighted by Crippen LogP contribution is -2.54. The first-order valence-corrected chi connectivity index (χ1v) is 12.2. The van der Waals surface area contributed by atoms with Crippen LogP contribution in [-0.4, -0.2) is 47.8 Å². The highest BCUT2D eigenvalue weighted by atomic mass is 16.5. The second-order valence-electron chi connectivity index (χ2n) is 9.26. The smallest absolute Gasteiger partial charge is 0.222 e. The first-order chi connectivity index (χ1) is 16.5. The largest absolute Gasteiger partial charge is 0.487 e. The highest BCUT2D eigenvalue weighted by molar-refractivity contribution is 5.77. The molecule has 1 atom stereocenters. The Kier molecular flexibility index (Phi) is 7.46. The van der Waals surface area contributed by atoms with Crippen molar-refractivity contribution in [2.24, 2.45) is 0 Å². The predicted octanol–water partition coefficient (Wildman–Crippen LogP) is 4.45. The minimum absolute atomic E-state index is 0.0705. The Morgan fingerprint density at radius 2 is 2.03 bits per heavy atom. The SMILES string of the molecule is CCCCC(=O)N1CCN(c2nc(C3CC3)c(OCc3ccc(C=O)cc3)cc2C#N)CC1C. The molecule has 1 aliphatic carbocycles. The van der Waals surface area contributed by atoms with Gasteiger partial charge in [0.05, 0.1) is 11.3 Å². The molecule has 1 saturated heterocycles. The maximum absolute atomic E-state index is 12.6. The van der Waals surface area contributed by atoms with E-state index in [2.05, 4.69) is 24.8 Å². The molecule has 1 aliphatic heterocycles. The number of unbranched alkanes of at least 4 members (excludes halogenated alkanes) is 1. The maximum atomic E-state index is 12.6. The van der Waals surface area contributed by atoms with Gasteiger partial charge in [0, 0.05) is 49.6 Å². The summed E-state index contributed by atoms with van der Waals surface area (Å²) >= 11 is 0. The van der Waals surface area contributed by atoms with Crippen LogP contribution < -0.4 is 9.64 Å². The van der Waals surface area contributed by atoms with E-state index in [1.165, 1.54) is 0 Å².